The van der Waals surface area contributed by atoms with E-state index in [1.54, 1.807) is 12.1 Å². The Labute approximate surface area is 118 Å². The van der Waals surface area contributed by atoms with E-state index in [1.165, 1.54) is 6.07 Å². The van der Waals surface area contributed by atoms with Gasteiger partial charge in [-0.1, -0.05) is 19.9 Å². The van der Waals surface area contributed by atoms with Crippen LogP contribution in [0.1, 0.15) is 19.5 Å². The van der Waals surface area contributed by atoms with Crippen molar-refractivity contribution in [3.05, 3.63) is 46.1 Å². The Hall–Kier alpha value is -2.01. The quantitative estimate of drug-likeness (QED) is 0.671. The molecule has 2 aromatic rings. The van der Waals surface area contributed by atoms with Crippen LogP contribution in [0.5, 0.6) is 0 Å². The second kappa shape index (κ2) is 5.96. The molecular formula is C15H19N3O2. The first-order valence-electron chi connectivity index (χ1n) is 6.72. The molecule has 5 nitrogen and oxygen atoms in total. The van der Waals surface area contributed by atoms with E-state index in [9.17, 15) is 10.1 Å². The largest absolute Gasteiger partial charge is 0.316 e. The van der Waals surface area contributed by atoms with E-state index in [4.69, 9.17) is 0 Å². The molecule has 0 fully saturated rings. The fourth-order valence-corrected chi connectivity index (χ4v) is 2.28. The van der Waals surface area contributed by atoms with Crippen molar-refractivity contribution >= 4 is 16.6 Å². The van der Waals surface area contributed by atoms with Gasteiger partial charge in [0.15, 0.2) is 0 Å². The number of non-ortho nitro benzene ring substituents is 1. The fraction of sp³-hybridized carbons (Fsp3) is 0.400. The molecule has 0 bridgehead atoms. The van der Waals surface area contributed by atoms with Gasteiger partial charge in [0.1, 0.15) is 0 Å². The maximum Gasteiger partial charge on any atom is 0.270 e. The third-order valence-electron chi connectivity index (χ3n) is 3.55. The van der Waals surface area contributed by atoms with Gasteiger partial charge in [-0.05, 0) is 25.1 Å². The summed E-state index contributed by atoms with van der Waals surface area (Å²) >= 11 is 0. The van der Waals surface area contributed by atoms with Crippen molar-refractivity contribution in [2.45, 2.75) is 26.3 Å². The summed E-state index contributed by atoms with van der Waals surface area (Å²) in [5.74, 6) is 0.523. The molecule has 0 spiro atoms. The van der Waals surface area contributed by atoms with Crippen LogP contribution in [0.3, 0.4) is 0 Å². The van der Waals surface area contributed by atoms with Crippen molar-refractivity contribution in [3.8, 4) is 0 Å². The molecule has 5 heteroatoms. The van der Waals surface area contributed by atoms with E-state index in [2.05, 4.69) is 24.1 Å². The highest BCUT2D eigenvalue weighted by Crippen LogP contribution is 2.20. The van der Waals surface area contributed by atoms with E-state index < -0.39 is 0 Å². The number of nitrogens with zero attached hydrogens (tertiary/aromatic N) is 2. The van der Waals surface area contributed by atoms with Gasteiger partial charge in [0.05, 0.1) is 10.4 Å². The predicted octanol–water partition coefficient (Wildman–Crippen LogP) is 2.93. The number of nitrogens with one attached hydrogen (secondary N) is 1. The first kappa shape index (κ1) is 14.4. The van der Waals surface area contributed by atoms with Gasteiger partial charge in [-0.15, -0.1) is 0 Å². The second-order valence-electron chi connectivity index (χ2n) is 5.28. The monoisotopic (exact) mass is 273 g/mol. The number of nitro benzene ring substituents is 1. The van der Waals surface area contributed by atoms with Crippen molar-refractivity contribution in [3.63, 3.8) is 0 Å². The van der Waals surface area contributed by atoms with Crippen molar-refractivity contribution in [2.24, 2.45) is 5.92 Å². The lowest BCUT2D eigenvalue weighted by Gasteiger charge is -2.19. The van der Waals surface area contributed by atoms with Gasteiger partial charge in [0, 0.05) is 35.7 Å². The van der Waals surface area contributed by atoms with Crippen LogP contribution in [-0.4, -0.2) is 23.0 Å². The minimum absolute atomic E-state index is 0.0994. The summed E-state index contributed by atoms with van der Waals surface area (Å²) in [7, 11) is 1.95. The average molecular weight is 273 g/mol. The highest BCUT2D eigenvalue weighted by atomic mass is 16.6. The highest BCUT2D eigenvalue weighted by Gasteiger charge is 2.13. The molecular weight excluding hydrogens is 254 g/mol. The number of aromatic nitrogens is 1. The molecule has 1 aromatic heterocycles. The van der Waals surface area contributed by atoms with Gasteiger partial charge in [-0.25, -0.2) is 0 Å². The second-order valence-corrected chi connectivity index (χ2v) is 5.28. The number of hydrogen-bond acceptors (Lipinski definition) is 4. The third kappa shape index (κ3) is 3.11. The van der Waals surface area contributed by atoms with Crippen LogP contribution >= 0.6 is 0 Å². The Balaban J connectivity index is 2.30. The molecule has 0 radical (unpaired) electrons. The number of likely N-dealkylation sites (N-methyl/N-ethyl adjacent to an activating group) is 1. The standard InChI is InChI=1S/C15H19N3O2/c1-10(2)15(16-3)9-12-5-4-11-8-13(18(19)20)6-7-14(11)17-12/h4-8,10,15-16H,9H2,1-3H3. The lowest BCUT2D eigenvalue weighted by Crippen LogP contribution is -2.33. The predicted molar refractivity (Wildman–Crippen MR) is 79.8 cm³/mol. The summed E-state index contributed by atoms with van der Waals surface area (Å²) < 4.78 is 0. The van der Waals surface area contributed by atoms with E-state index in [1.807, 2.05) is 19.2 Å². The zero-order valence-corrected chi connectivity index (χ0v) is 12.0. The topological polar surface area (TPSA) is 68.1 Å². The minimum Gasteiger partial charge on any atom is -0.316 e. The number of rotatable bonds is 5. The van der Waals surface area contributed by atoms with Crippen LogP contribution in [0, 0.1) is 16.0 Å². The highest BCUT2D eigenvalue weighted by molar-refractivity contribution is 5.81. The zero-order valence-electron chi connectivity index (χ0n) is 12.0. The maximum atomic E-state index is 10.7. The Morgan fingerprint density at radius 3 is 2.65 bits per heavy atom. The smallest absolute Gasteiger partial charge is 0.270 e. The molecule has 1 aromatic carbocycles. The summed E-state index contributed by atoms with van der Waals surface area (Å²) in [6.07, 6.45) is 0.848. The molecule has 1 N–H and O–H groups in total. The van der Waals surface area contributed by atoms with Crippen LogP contribution in [0.2, 0.25) is 0 Å². The number of fused-ring (bicyclic) bond motifs is 1. The molecule has 2 rings (SSSR count). The molecule has 0 saturated carbocycles. The van der Waals surface area contributed by atoms with Crippen LogP contribution in [0.4, 0.5) is 5.69 Å². The molecule has 106 valence electrons. The fourth-order valence-electron chi connectivity index (χ4n) is 2.28. The lowest BCUT2D eigenvalue weighted by atomic mass is 9.99. The normalized spacial score (nSPS) is 12.8. The lowest BCUT2D eigenvalue weighted by molar-refractivity contribution is -0.384. The van der Waals surface area contributed by atoms with Gasteiger partial charge < -0.3 is 5.32 Å². The van der Waals surface area contributed by atoms with Gasteiger partial charge >= 0.3 is 0 Å². The first-order valence-corrected chi connectivity index (χ1v) is 6.72. The van der Waals surface area contributed by atoms with Gasteiger partial charge in [-0.3, -0.25) is 15.1 Å². The molecule has 20 heavy (non-hydrogen) atoms. The Kier molecular flexibility index (Phi) is 4.29. The van der Waals surface area contributed by atoms with E-state index in [-0.39, 0.29) is 10.6 Å². The summed E-state index contributed by atoms with van der Waals surface area (Å²) in [5.41, 5.74) is 1.90. The Morgan fingerprint density at radius 2 is 2.05 bits per heavy atom. The number of benzene rings is 1. The van der Waals surface area contributed by atoms with E-state index in [0.29, 0.717) is 12.0 Å². The molecule has 0 amide bonds. The van der Waals surface area contributed by atoms with E-state index >= 15 is 0 Å². The molecule has 1 heterocycles. The van der Waals surface area contributed by atoms with Crippen molar-refractivity contribution < 1.29 is 4.92 Å². The average Bonchev–Trinajstić information content (AvgIpc) is 2.43. The molecule has 0 aliphatic rings. The summed E-state index contributed by atoms with van der Waals surface area (Å²) in [4.78, 5) is 14.9. The number of nitro groups is 1. The Bertz CT molecular complexity index is 626. The van der Waals surface area contributed by atoms with Gasteiger partial charge in [-0.2, -0.15) is 0 Å². The van der Waals surface area contributed by atoms with Crippen LogP contribution in [0.25, 0.3) is 10.9 Å². The van der Waals surface area contributed by atoms with Gasteiger partial charge in [0.2, 0.25) is 0 Å². The van der Waals surface area contributed by atoms with Crippen LogP contribution in [0.15, 0.2) is 30.3 Å². The number of hydrogen-bond donors (Lipinski definition) is 1. The van der Waals surface area contributed by atoms with Crippen molar-refractivity contribution in [1.82, 2.24) is 10.3 Å². The molecule has 0 saturated heterocycles. The Morgan fingerprint density at radius 1 is 1.30 bits per heavy atom. The summed E-state index contributed by atoms with van der Waals surface area (Å²) in [6, 6.07) is 8.98. The molecule has 0 aliphatic carbocycles. The third-order valence-corrected chi connectivity index (χ3v) is 3.55. The van der Waals surface area contributed by atoms with Crippen molar-refractivity contribution in [2.75, 3.05) is 7.05 Å². The molecule has 0 aliphatic heterocycles. The zero-order chi connectivity index (χ0) is 14.7. The summed E-state index contributed by atoms with van der Waals surface area (Å²) in [6.45, 7) is 4.34. The molecule has 1 atom stereocenters. The minimum atomic E-state index is -0.386. The summed E-state index contributed by atoms with van der Waals surface area (Å²) in [5, 5.41) is 14.8. The van der Waals surface area contributed by atoms with Crippen LogP contribution < -0.4 is 5.32 Å². The first-order chi connectivity index (χ1) is 9.51. The van der Waals surface area contributed by atoms with Gasteiger partial charge in [0.25, 0.3) is 5.69 Å². The van der Waals surface area contributed by atoms with Crippen LogP contribution in [-0.2, 0) is 6.42 Å². The molecule has 1 unspecified atom stereocenters. The van der Waals surface area contributed by atoms with Crippen molar-refractivity contribution in [1.29, 1.82) is 0 Å². The maximum absolute atomic E-state index is 10.7. The number of pyridine rings is 1. The van der Waals surface area contributed by atoms with E-state index in [0.717, 1.165) is 23.0 Å². The SMILES string of the molecule is CNC(Cc1ccc2cc([N+](=O)[O-])ccc2n1)C(C)C.